The van der Waals surface area contributed by atoms with Gasteiger partial charge in [0.1, 0.15) is 5.76 Å². The molecule has 0 aliphatic heterocycles. The summed E-state index contributed by atoms with van der Waals surface area (Å²) in [6.07, 6.45) is 5.79. The molecule has 1 aromatic heterocycles. The van der Waals surface area contributed by atoms with Gasteiger partial charge in [-0.2, -0.15) is 0 Å². The Bertz CT molecular complexity index is 978. The van der Waals surface area contributed by atoms with Gasteiger partial charge in [0.15, 0.2) is 0 Å². The van der Waals surface area contributed by atoms with Crippen molar-refractivity contribution in [1.82, 2.24) is 5.32 Å². The molecule has 0 aliphatic carbocycles. The largest absolute Gasteiger partial charge is 0.472 e. The van der Waals surface area contributed by atoms with Gasteiger partial charge in [-0.05, 0) is 45.9 Å². The van der Waals surface area contributed by atoms with Gasteiger partial charge in [-0.15, -0.1) is 0 Å². The third-order valence-corrected chi connectivity index (χ3v) is 5.13. The summed E-state index contributed by atoms with van der Waals surface area (Å²) in [6, 6.07) is 4.74. The van der Waals surface area contributed by atoms with E-state index < -0.39 is 22.3 Å². The molecule has 0 saturated heterocycles. The summed E-state index contributed by atoms with van der Waals surface area (Å²) >= 11 is 6.23. The summed E-state index contributed by atoms with van der Waals surface area (Å²) in [5, 5.41) is 6.12. The number of esters is 1. The molecule has 1 unspecified atom stereocenters. The predicted molar refractivity (Wildman–Crippen MR) is 117 cm³/mol. The highest BCUT2D eigenvalue weighted by molar-refractivity contribution is 7.84. The molecular weight excluding hydrogens is 428 g/mol. The van der Waals surface area contributed by atoms with Gasteiger partial charge in [-0.3, -0.25) is 9.00 Å². The first-order chi connectivity index (χ1) is 14.0. The van der Waals surface area contributed by atoms with Crippen molar-refractivity contribution in [3.63, 3.8) is 0 Å². The standard InChI is InChI=1S/C21H25ClN2O5S/c1-13(8-19(25)24-21(2,3)4)29-20(26)15-9-18(30(5)27)16(22)10-17(15)23-11-14-6-7-28-12-14/h6-10,12,23H,11H2,1-5H3,(H,24,25). The molecule has 0 radical (unpaired) electrons. The Balaban J connectivity index is 2.27. The van der Waals surface area contributed by atoms with Crippen LogP contribution in [0.5, 0.6) is 0 Å². The molecule has 2 rings (SSSR count). The number of amides is 1. The molecule has 0 spiro atoms. The van der Waals surface area contributed by atoms with Crippen LogP contribution in [0.2, 0.25) is 5.02 Å². The van der Waals surface area contributed by atoms with E-state index in [1.54, 1.807) is 18.6 Å². The van der Waals surface area contributed by atoms with Crippen LogP contribution in [0.3, 0.4) is 0 Å². The maximum atomic E-state index is 12.8. The van der Waals surface area contributed by atoms with Crippen molar-refractivity contribution < 1.29 is 23.0 Å². The minimum atomic E-state index is -1.40. The first kappa shape index (κ1) is 23.7. The van der Waals surface area contributed by atoms with Crippen LogP contribution in [0.25, 0.3) is 0 Å². The van der Waals surface area contributed by atoms with Crippen LogP contribution in [0.4, 0.5) is 5.69 Å². The van der Waals surface area contributed by atoms with Crippen molar-refractivity contribution >= 4 is 40.0 Å². The lowest BCUT2D eigenvalue weighted by Gasteiger charge is -2.19. The van der Waals surface area contributed by atoms with E-state index in [1.807, 2.05) is 20.8 Å². The number of hydrogen-bond acceptors (Lipinski definition) is 6. The summed E-state index contributed by atoms with van der Waals surface area (Å²) in [5.74, 6) is -0.959. The highest BCUT2D eigenvalue weighted by Crippen LogP contribution is 2.29. The second-order valence-electron chi connectivity index (χ2n) is 7.65. The Kier molecular flexibility index (Phi) is 7.86. The van der Waals surface area contributed by atoms with E-state index in [1.165, 1.54) is 31.4 Å². The van der Waals surface area contributed by atoms with Crippen molar-refractivity contribution in [3.05, 3.63) is 58.7 Å². The van der Waals surface area contributed by atoms with E-state index in [9.17, 15) is 13.8 Å². The first-order valence-corrected chi connectivity index (χ1v) is 11.0. The third kappa shape index (κ3) is 7.03. The zero-order chi connectivity index (χ0) is 22.5. The van der Waals surface area contributed by atoms with E-state index in [-0.39, 0.29) is 22.3 Å². The minimum Gasteiger partial charge on any atom is -0.472 e. The van der Waals surface area contributed by atoms with Gasteiger partial charge >= 0.3 is 5.97 Å². The van der Waals surface area contributed by atoms with E-state index >= 15 is 0 Å². The summed E-state index contributed by atoms with van der Waals surface area (Å²) in [4.78, 5) is 25.1. The molecule has 0 saturated carbocycles. The monoisotopic (exact) mass is 452 g/mol. The fraction of sp³-hybridized carbons (Fsp3) is 0.333. The molecule has 0 bridgehead atoms. The van der Waals surface area contributed by atoms with Crippen molar-refractivity contribution in [1.29, 1.82) is 0 Å². The average Bonchev–Trinajstić information content (AvgIpc) is 3.10. The summed E-state index contributed by atoms with van der Waals surface area (Å²) in [6.45, 7) is 7.42. The molecule has 9 heteroatoms. The van der Waals surface area contributed by atoms with Crippen molar-refractivity contribution in [2.45, 2.75) is 44.7 Å². The average molecular weight is 453 g/mol. The van der Waals surface area contributed by atoms with Crippen molar-refractivity contribution in [2.24, 2.45) is 0 Å². The van der Waals surface area contributed by atoms with Gasteiger partial charge in [-0.25, -0.2) is 4.79 Å². The highest BCUT2D eigenvalue weighted by Gasteiger charge is 2.20. The van der Waals surface area contributed by atoms with Gasteiger partial charge in [0, 0.05) is 30.0 Å². The van der Waals surface area contributed by atoms with Gasteiger partial charge in [0.05, 0.1) is 44.5 Å². The molecule has 1 amide bonds. The van der Waals surface area contributed by atoms with Crippen LogP contribution in [-0.4, -0.2) is 27.9 Å². The lowest BCUT2D eigenvalue weighted by molar-refractivity contribution is -0.117. The van der Waals surface area contributed by atoms with E-state index in [4.69, 9.17) is 20.8 Å². The zero-order valence-corrected chi connectivity index (χ0v) is 19.1. The Hall–Kier alpha value is -2.58. The van der Waals surface area contributed by atoms with Crippen molar-refractivity contribution in [2.75, 3.05) is 11.6 Å². The number of carbonyl (C=O) groups excluding carboxylic acids is 2. The molecule has 2 N–H and O–H groups in total. The molecule has 162 valence electrons. The minimum absolute atomic E-state index is 0.122. The lowest BCUT2D eigenvalue weighted by atomic mass is 10.1. The number of rotatable bonds is 7. The number of benzene rings is 1. The number of halogens is 1. The Morgan fingerprint density at radius 1 is 1.30 bits per heavy atom. The van der Waals surface area contributed by atoms with Crippen LogP contribution >= 0.6 is 11.6 Å². The summed E-state index contributed by atoms with van der Waals surface area (Å²) in [5.41, 5.74) is 1.01. The number of hydrogen-bond donors (Lipinski definition) is 2. The zero-order valence-electron chi connectivity index (χ0n) is 17.5. The molecule has 7 nitrogen and oxygen atoms in total. The number of carbonyl (C=O) groups is 2. The number of allylic oxidation sites excluding steroid dienone is 1. The quantitative estimate of drug-likeness (QED) is 0.370. The molecule has 0 fully saturated rings. The number of furan rings is 1. The second-order valence-corrected chi connectivity index (χ2v) is 9.41. The number of anilines is 1. The van der Waals surface area contributed by atoms with Gasteiger partial charge in [0.2, 0.25) is 5.91 Å². The van der Waals surface area contributed by atoms with E-state index in [0.29, 0.717) is 17.1 Å². The SMILES string of the molecule is CC(=CC(=O)NC(C)(C)C)OC(=O)c1cc(S(C)=O)c(Cl)cc1NCc1ccoc1. The highest BCUT2D eigenvalue weighted by atomic mass is 35.5. The molecule has 1 aromatic carbocycles. The predicted octanol–water partition coefficient (Wildman–Crippen LogP) is 4.26. The Labute approximate surface area is 183 Å². The molecular formula is C21H25ClN2O5S. The molecule has 2 aromatic rings. The first-order valence-electron chi connectivity index (χ1n) is 9.11. The maximum absolute atomic E-state index is 12.8. The topological polar surface area (TPSA) is 97.6 Å². The molecule has 30 heavy (non-hydrogen) atoms. The maximum Gasteiger partial charge on any atom is 0.345 e. The Morgan fingerprint density at radius 3 is 2.57 bits per heavy atom. The van der Waals surface area contributed by atoms with Crippen molar-refractivity contribution in [3.8, 4) is 0 Å². The number of nitrogens with one attached hydrogen (secondary N) is 2. The van der Waals surface area contributed by atoms with Gasteiger partial charge in [-0.1, -0.05) is 11.6 Å². The molecule has 1 atom stereocenters. The normalized spacial score (nSPS) is 12.9. The molecule has 1 heterocycles. The van der Waals surface area contributed by atoms with Gasteiger partial charge in [0.25, 0.3) is 0 Å². The third-order valence-electron chi connectivity index (χ3n) is 3.75. The van der Waals surface area contributed by atoms with E-state index in [0.717, 1.165) is 5.56 Å². The van der Waals surface area contributed by atoms with Gasteiger partial charge < -0.3 is 19.8 Å². The summed E-state index contributed by atoms with van der Waals surface area (Å²) < 4.78 is 22.3. The summed E-state index contributed by atoms with van der Waals surface area (Å²) in [7, 11) is -1.40. The van der Waals surface area contributed by atoms with Crippen LogP contribution in [-0.2, 0) is 26.9 Å². The fourth-order valence-electron chi connectivity index (χ4n) is 2.50. The van der Waals surface area contributed by atoms with Crippen LogP contribution in [0.1, 0.15) is 43.6 Å². The van der Waals surface area contributed by atoms with E-state index in [2.05, 4.69) is 10.6 Å². The van der Waals surface area contributed by atoms with Crippen LogP contribution in [0, 0.1) is 0 Å². The van der Waals surface area contributed by atoms with Crippen LogP contribution < -0.4 is 10.6 Å². The lowest BCUT2D eigenvalue weighted by Crippen LogP contribution is -2.39. The van der Waals surface area contributed by atoms with Crippen LogP contribution in [0.15, 0.2) is 51.9 Å². The second kappa shape index (κ2) is 9.95. The number of ether oxygens (including phenoxy) is 1. The smallest absolute Gasteiger partial charge is 0.345 e. The fourth-order valence-corrected chi connectivity index (χ4v) is 3.61. The Morgan fingerprint density at radius 2 is 2.00 bits per heavy atom. The molecule has 0 aliphatic rings.